The second-order valence-electron chi connectivity index (χ2n) is 8.61. The molecular weight excluding hydrogens is 549 g/mol. The number of H-pyrrole nitrogens is 1. The number of ether oxygens (including phenoxy) is 2. The van der Waals surface area contributed by atoms with E-state index in [1.165, 1.54) is 6.21 Å². The van der Waals surface area contributed by atoms with Crippen LogP contribution < -0.4 is 14.9 Å². The summed E-state index contributed by atoms with van der Waals surface area (Å²) in [5, 5.41) is 5.77. The van der Waals surface area contributed by atoms with Gasteiger partial charge in [0.15, 0.2) is 11.5 Å². The lowest BCUT2D eigenvalue weighted by molar-refractivity contribution is 0.0728. The molecule has 0 unspecified atom stereocenters. The molecule has 40 heavy (non-hydrogen) atoms. The molecule has 0 aliphatic rings. The Labute approximate surface area is 240 Å². The van der Waals surface area contributed by atoms with Crippen LogP contribution in [0.3, 0.4) is 0 Å². The molecule has 1 amide bonds. The molecule has 0 saturated carbocycles. The summed E-state index contributed by atoms with van der Waals surface area (Å²) >= 11 is 12.5. The number of carbonyl (C=O) groups is 2. The molecule has 0 atom stereocenters. The number of aromatic nitrogens is 1. The van der Waals surface area contributed by atoms with Crippen molar-refractivity contribution in [2.45, 2.75) is 6.92 Å². The van der Waals surface area contributed by atoms with Crippen molar-refractivity contribution in [1.29, 1.82) is 0 Å². The molecule has 2 N–H and O–H groups in total. The van der Waals surface area contributed by atoms with E-state index in [2.05, 4.69) is 15.5 Å². The largest absolute Gasteiger partial charge is 0.490 e. The first kappa shape index (κ1) is 27.0. The van der Waals surface area contributed by atoms with Crippen LogP contribution in [0.4, 0.5) is 0 Å². The van der Waals surface area contributed by atoms with E-state index in [4.69, 9.17) is 32.7 Å². The molecule has 1 heterocycles. The van der Waals surface area contributed by atoms with E-state index in [1.54, 1.807) is 48.5 Å². The van der Waals surface area contributed by atoms with Crippen LogP contribution in [0.25, 0.3) is 22.0 Å². The first-order valence-electron chi connectivity index (χ1n) is 12.4. The zero-order valence-electron chi connectivity index (χ0n) is 21.3. The van der Waals surface area contributed by atoms with E-state index in [-0.39, 0.29) is 16.3 Å². The van der Waals surface area contributed by atoms with Crippen LogP contribution in [0.1, 0.15) is 33.3 Å². The topological polar surface area (TPSA) is 92.8 Å². The number of amides is 1. The lowest BCUT2D eigenvalue weighted by Gasteiger charge is -2.12. The third kappa shape index (κ3) is 5.71. The van der Waals surface area contributed by atoms with E-state index in [0.29, 0.717) is 34.2 Å². The lowest BCUT2D eigenvalue weighted by atomic mass is 10.0. The average molecular weight is 572 g/mol. The molecule has 200 valence electrons. The Morgan fingerprint density at radius 3 is 2.42 bits per heavy atom. The van der Waals surface area contributed by atoms with Crippen molar-refractivity contribution >= 4 is 52.2 Å². The van der Waals surface area contributed by atoms with Gasteiger partial charge >= 0.3 is 5.97 Å². The zero-order chi connectivity index (χ0) is 28.1. The number of carbonyl (C=O) groups excluding carboxylic acids is 2. The summed E-state index contributed by atoms with van der Waals surface area (Å²) < 4.78 is 11.2. The number of esters is 1. The summed E-state index contributed by atoms with van der Waals surface area (Å²) in [7, 11) is 0. The van der Waals surface area contributed by atoms with Gasteiger partial charge in [-0.1, -0.05) is 77.8 Å². The van der Waals surface area contributed by atoms with E-state index in [0.717, 1.165) is 16.5 Å². The van der Waals surface area contributed by atoms with Gasteiger partial charge in [-0.3, -0.25) is 4.79 Å². The van der Waals surface area contributed by atoms with Gasteiger partial charge in [0.1, 0.15) is 5.69 Å². The Morgan fingerprint density at radius 2 is 1.65 bits per heavy atom. The number of rotatable bonds is 8. The molecule has 9 heteroatoms. The second-order valence-corrected chi connectivity index (χ2v) is 9.43. The normalized spacial score (nSPS) is 11.1. The van der Waals surface area contributed by atoms with E-state index >= 15 is 0 Å². The number of nitrogens with zero attached hydrogens (tertiary/aromatic N) is 1. The van der Waals surface area contributed by atoms with E-state index in [9.17, 15) is 9.59 Å². The zero-order valence-corrected chi connectivity index (χ0v) is 22.8. The van der Waals surface area contributed by atoms with Crippen LogP contribution in [0.2, 0.25) is 10.0 Å². The highest BCUT2D eigenvalue weighted by atomic mass is 35.5. The fraction of sp³-hybridized carbons (Fsp3) is 0.0645. The Hall–Kier alpha value is -4.59. The Kier molecular flexibility index (Phi) is 8.15. The molecule has 4 aromatic carbocycles. The number of aromatic amines is 1. The van der Waals surface area contributed by atoms with Crippen molar-refractivity contribution in [1.82, 2.24) is 10.4 Å². The molecule has 5 aromatic rings. The van der Waals surface area contributed by atoms with Crippen molar-refractivity contribution in [3.05, 3.63) is 118 Å². The monoisotopic (exact) mass is 571 g/mol. The van der Waals surface area contributed by atoms with Crippen LogP contribution >= 0.6 is 23.2 Å². The fourth-order valence-electron chi connectivity index (χ4n) is 4.22. The summed E-state index contributed by atoms with van der Waals surface area (Å²) in [5.41, 5.74) is 6.04. The molecule has 0 saturated heterocycles. The van der Waals surface area contributed by atoms with Crippen LogP contribution in [-0.2, 0) is 0 Å². The maximum atomic E-state index is 13.2. The van der Waals surface area contributed by atoms with Gasteiger partial charge in [0.05, 0.1) is 33.9 Å². The van der Waals surface area contributed by atoms with Crippen molar-refractivity contribution in [2.24, 2.45) is 5.10 Å². The van der Waals surface area contributed by atoms with Crippen molar-refractivity contribution < 1.29 is 19.1 Å². The summed E-state index contributed by atoms with van der Waals surface area (Å²) in [6.45, 7) is 2.16. The van der Waals surface area contributed by atoms with Gasteiger partial charge in [0, 0.05) is 10.9 Å². The molecule has 0 aliphatic carbocycles. The molecule has 0 bridgehead atoms. The maximum absolute atomic E-state index is 13.2. The predicted octanol–water partition coefficient (Wildman–Crippen LogP) is 7.52. The van der Waals surface area contributed by atoms with E-state index in [1.807, 2.05) is 49.4 Å². The molecule has 0 radical (unpaired) electrons. The van der Waals surface area contributed by atoms with Gasteiger partial charge in [0.2, 0.25) is 0 Å². The highest BCUT2D eigenvalue weighted by molar-refractivity contribution is 6.36. The quantitative estimate of drug-likeness (QED) is 0.0871. The van der Waals surface area contributed by atoms with Crippen LogP contribution in [0.15, 0.2) is 96.1 Å². The standard InChI is InChI=1S/C31H23Cl2N3O4/c1-2-39-26-17-19(15-16-25(26)40-31(38)21-11-6-7-13-23(21)32)18-34-36-30(37)29-27(20-9-4-3-5-10-20)22-12-8-14-24(33)28(22)35-29/h3-18,35H,2H2,1H3,(H,36,37). The van der Waals surface area contributed by atoms with Gasteiger partial charge < -0.3 is 14.5 Å². The van der Waals surface area contributed by atoms with Crippen LogP contribution in [-0.4, -0.2) is 29.7 Å². The average Bonchev–Trinajstić information content (AvgIpc) is 3.36. The van der Waals surface area contributed by atoms with Crippen molar-refractivity contribution in [3.8, 4) is 22.6 Å². The van der Waals surface area contributed by atoms with Gasteiger partial charge in [-0.15, -0.1) is 0 Å². The number of halogens is 2. The molecule has 0 spiro atoms. The summed E-state index contributed by atoms with van der Waals surface area (Å²) in [5.74, 6) is -0.462. The number of fused-ring (bicyclic) bond motifs is 1. The number of nitrogens with one attached hydrogen (secondary N) is 2. The van der Waals surface area contributed by atoms with Crippen molar-refractivity contribution in [2.75, 3.05) is 6.61 Å². The van der Waals surface area contributed by atoms with Crippen molar-refractivity contribution in [3.63, 3.8) is 0 Å². The first-order valence-corrected chi connectivity index (χ1v) is 13.1. The summed E-state index contributed by atoms with van der Waals surface area (Å²) in [4.78, 5) is 29.0. The lowest BCUT2D eigenvalue weighted by Crippen LogP contribution is -2.18. The predicted molar refractivity (Wildman–Crippen MR) is 158 cm³/mol. The number of para-hydroxylation sites is 1. The van der Waals surface area contributed by atoms with Crippen LogP contribution in [0.5, 0.6) is 11.5 Å². The minimum Gasteiger partial charge on any atom is -0.490 e. The minimum absolute atomic E-state index is 0.232. The fourth-order valence-corrected chi connectivity index (χ4v) is 4.65. The number of hydrogen-bond donors (Lipinski definition) is 2. The number of hydrazone groups is 1. The van der Waals surface area contributed by atoms with Crippen LogP contribution in [0, 0.1) is 0 Å². The third-order valence-corrected chi connectivity index (χ3v) is 6.66. The number of benzene rings is 4. The molecule has 5 rings (SSSR count). The Morgan fingerprint density at radius 1 is 0.900 bits per heavy atom. The molecule has 0 fully saturated rings. The minimum atomic E-state index is -0.604. The van der Waals surface area contributed by atoms with Gasteiger partial charge in [-0.05, 0) is 54.4 Å². The molecule has 0 aliphatic heterocycles. The van der Waals surface area contributed by atoms with Gasteiger partial charge in [0.25, 0.3) is 5.91 Å². The SMILES string of the molecule is CCOc1cc(C=NNC(=O)c2[nH]c3c(Cl)cccc3c2-c2ccccc2)ccc1OC(=O)c1ccccc1Cl. The Balaban J connectivity index is 1.37. The molecular formula is C31H23Cl2N3O4. The van der Waals surface area contributed by atoms with E-state index < -0.39 is 11.9 Å². The summed E-state index contributed by atoms with van der Waals surface area (Å²) in [6.07, 6.45) is 1.47. The second kappa shape index (κ2) is 12.1. The molecule has 1 aromatic heterocycles. The molecule has 7 nitrogen and oxygen atoms in total. The smallest absolute Gasteiger partial charge is 0.345 e. The number of hydrogen-bond acceptors (Lipinski definition) is 5. The van der Waals surface area contributed by atoms with Gasteiger partial charge in [-0.25, -0.2) is 10.2 Å². The highest BCUT2D eigenvalue weighted by Crippen LogP contribution is 2.35. The summed E-state index contributed by atoms with van der Waals surface area (Å²) in [6, 6.07) is 26.7. The third-order valence-electron chi connectivity index (χ3n) is 6.02. The first-order chi connectivity index (χ1) is 19.5. The highest BCUT2D eigenvalue weighted by Gasteiger charge is 2.20. The Bertz CT molecular complexity index is 1730. The maximum Gasteiger partial charge on any atom is 0.345 e. The van der Waals surface area contributed by atoms with Gasteiger partial charge in [-0.2, -0.15) is 5.10 Å².